The minimum Gasteiger partial charge on any atom is -0.462 e. The number of esters is 3. The number of allylic oxidation sites excluding steroid dienone is 20. The summed E-state index contributed by atoms with van der Waals surface area (Å²) in [6, 6.07) is 0. The number of aliphatic hydroxyl groups is 1. The van der Waals surface area contributed by atoms with Crippen LogP contribution in [0.25, 0.3) is 0 Å². The van der Waals surface area contributed by atoms with Gasteiger partial charge in [0.05, 0.1) is 19.8 Å². The molecular formula is C72H121O11P. The summed E-state index contributed by atoms with van der Waals surface area (Å²) in [5.74, 6) is -1.59. The van der Waals surface area contributed by atoms with E-state index in [-0.39, 0.29) is 25.9 Å². The zero-order chi connectivity index (χ0) is 61.2. The Hall–Kier alpha value is -4.12. The van der Waals surface area contributed by atoms with Crippen molar-refractivity contribution in [1.29, 1.82) is 0 Å². The van der Waals surface area contributed by atoms with Gasteiger partial charge in [0.15, 0.2) is 6.10 Å². The van der Waals surface area contributed by atoms with Crippen molar-refractivity contribution in [2.75, 3.05) is 26.4 Å². The molecule has 0 aliphatic rings. The Kier molecular flexibility index (Phi) is 61.7. The minimum absolute atomic E-state index is 0.0340. The highest BCUT2D eigenvalue weighted by molar-refractivity contribution is 7.47. The summed E-state index contributed by atoms with van der Waals surface area (Å²) in [6.45, 7) is 4.43. The van der Waals surface area contributed by atoms with E-state index in [1.807, 2.05) is 12.2 Å². The zero-order valence-electron chi connectivity index (χ0n) is 53.3. The van der Waals surface area contributed by atoms with Crippen LogP contribution in [0.4, 0.5) is 0 Å². The Balaban J connectivity index is 4.81. The van der Waals surface area contributed by atoms with Crippen LogP contribution in [0.3, 0.4) is 0 Å². The molecule has 3 unspecified atom stereocenters. The lowest BCUT2D eigenvalue weighted by Gasteiger charge is -2.21. The summed E-state index contributed by atoms with van der Waals surface area (Å²) in [4.78, 5) is 48.8. The molecule has 0 aliphatic heterocycles. The van der Waals surface area contributed by atoms with Gasteiger partial charge in [-0.1, -0.05) is 258 Å². The van der Waals surface area contributed by atoms with Gasteiger partial charge in [-0.3, -0.25) is 23.4 Å². The first-order valence-corrected chi connectivity index (χ1v) is 34.9. The Labute approximate surface area is 513 Å². The van der Waals surface area contributed by atoms with Crippen LogP contribution in [0, 0.1) is 0 Å². The molecule has 0 aromatic heterocycles. The SMILES string of the molecule is CC/C=C\C/C=C\C/C=C\C/C=C\C/C=C\C/C=C\CCC(=O)OC(COC(=O)CCCCCCCC/C=C\C/C=C\C/C=C\CCCCC)COP(=O)(O)OCC(CO)OC(=O)CCCCCCCCCCC/C=C\CCCCCCCC. The van der Waals surface area contributed by atoms with Crippen LogP contribution in [0.15, 0.2) is 122 Å². The molecule has 480 valence electrons. The molecule has 12 heteroatoms. The van der Waals surface area contributed by atoms with E-state index in [9.17, 15) is 28.9 Å². The standard InChI is InChI=1S/C72H121O11P/c1-4-7-10-13-16-19-22-25-28-31-34-37-40-43-46-49-52-55-58-61-70(74)79-65-69(83-72(76)63-60-57-54-51-48-45-42-39-36-33-30-27-24-21-18-15-12-9-6-3)67-81-84(77,78)80-66-68(64-73)82-71(75)62-59-56-53-50-47-44-41-38-35-32-29-26-23-20-17-14-11-8-5-2/h9,12,16,18-19,21,25-30,34,36-37,39,45,48,54,57,68-69,73H,4-8,10-11,13-15,17,20,22-24,31-33,35,38,40-44,46-47,49-53,55-56,58-67H2,1-3H3,(H,77,78)/b12-9-,19-16-,21-18-,28-25-,29-26-,30-27-,37-34-,39-36-,48-45-,57-54-. The number of unbranched alkanes of at least 4 members (excludes halogenated alkanes) is 24. The highest BCUT2D eigenvalue weighted by atomic mass is 31.2. The number of ether oxygens (including phenoxy) is 3. The number of hydrogen-bond donors (Lipinski definition) is 2. The average molecular weight is 1190 g/mol. The van der Waals surface area contributed by atoms with Crippen molar-refractivity contribution in [3.05, 3.63) is 122 Å². The molecule has 0 bridgehead atoms. The molecule has 0 fully saturated rings. The highest BCUT2D eigenvalue weighted by Gasteiger charge is 2.28. The van der Waals surface area contributed by atoms with Gasteiger partial charge in [-0.2, -0.15) is 0 Å². The first-order chi connectivity index (χ1) is 41.2. The third-order valence-corrected chi connectivity index (χ3v) is 14.8. The molecule has 0 aliphatic carbocycles. The number of carbonyl (C=O) groups is 3. The lowest BCUT2D eigenvalue weighted by molar-refractivity contribution is -0.161. The van der Waals surface area contributed by atoms with E-state index in [1.54, 1.807) is 0 Å². The summed E-state index contributed by atoms with van der Waals surface area (Å²) in [5.41, 5.74) is 0. The van der Waals surface area contributed by atoms with Crippen molar-refractivity contribution in [3.63, 3.8) is 0 Å². The number of rotatable bonds is 61. The topological polar surface area (TPSA) is 155 Å². The van der Waals surface area contributed by atoms with Gasteiger partial charge in [-0.15, -0.1) is 0 Å². The molecule has 0 saturated heterocycles. The van der Waals surface area contributed by atoms with Crippen molar-refractivity contribution in [2.24, 2.45) is 0 Å². The number of aliphatic hydroxyl groups excluding tert-OH is 1. The second-order valence-electron chi connectivity index (χ2n) is 21.9. The van der Waals surface area contributed by atoms with Gasteiger partial charge < -0.3 is 24.2 Å². The van der Waals surface area contributed by atoms with Crippen LogP contribution in [0.2, 0.25) is 0 Å². The molecule has 3 atom stereocenters. The maximum absolute atomic E-state index is 13.0. The fourth-order valence-electron chi connectivity index (χ4n) is 8.80. The van der Waals surface area contributed by atoms with Crippen LogP contribution < -0.4 is 0 Å². The summed E-state index contributed by atoms with van der Waals surface area (Å²) in [7, 11) is -4.79. The molecular weight excluding hydrogens is 1070 g/mol. The van der Waals surface area contributed by atoms with E-state index in [1.165, 1.54) is 109 Å². The summed E-state index contributed by atoms with van der Waals surface area (Å²) < 4.78 is 39.6. The fraction of sp³-hybridized carbons (Fsp3) is 0.681. The van der Waals surface area contributed by atoms with Gasteiger partial charge in [0, 0.05) is 19.3 Å². The third kappa shape index (κ3) is 62.4. The second-order valence-corrected chi connectivity index (χ2v) is 23.3. The average Bonchev–Trinajstić information content (AvgIpc) is 3.53. The zero-order valence-corrected chi connectivity index (χ0v) is 54.2. The Morgan fingerprint density at radius 1 is 0.345 bits per heavy atom. The van der Waals surface area contributed by atoms with E-state index in [0.717, 1.165) is 103 Å². The lowest BCUT2D eigenvalue weighted by atomic mass is 10.1. The van der Waals surface area contributed by atoms with E-state index in [0.29, 0.717) is 25.7 Å². The summed E-state index contributed by atoms with van der Waals surface area (Å²) in [5, 5.41) is 9.87. The third-order valence-electron chi connectivity index (χ3n) is 13.9. The normalized spacial score (nSPS) is 14.0. The molecule has 0 amide bonds. The van der Waals surface area contributed by atoms with Crippen molar-refractivity contribution in [1.82, 2.24) is 0 Å². The second kappa shape index (κ2) is 64.9. The van der Waals surface area contributed by atoms with Crippen LogP contribution >= 0.6 is 7.82 Å². The van der Waals surface area contributed by atoms with E-state index < -0.39 is 57.8 Å². The van der Waals surface area contributed by atoms with Gasteiger partial charge in [0.25, 0.3) is 0 Å². The molecule has 0 aromatic carbocycles. The van der Waals surface area contributed by atoms with E-state index in [2.05, 4.69) is 130 Å². The van der Waals surface area contributed by atoms with E-state index in [4.69, 9.17) is 23.3 Å². The molecule has 0 spiro atoms. The predicted octanol–water partition coefficient (Wildman–Crippen LogP) is 20.7. The minimum atomic E-state index is -4.79. The summed E-state index contributed by atoms with van der Waals surface area (Å²) in [6.07, 6.45) is 81.6. The molecule has 0 heterocycles. The maximum Gasteiger partial charge on any atom is 0.472 e. The van der Waals surface area contributed by atoms with Crippen molar-refractivity contribution in [2.45, 2.75) is 290 Å². The van der Waals surface area contributed by atoms with Gasteiger partial charge in [-0.25, -0.2) is 4.57 Å². The van der Waals surface area contributed by atoms with Gasteiger partial charge in [0.1, 0.15) is 12.7 Å². The number of carbonyl (C=O) groups excluding carboxylic acids is 3. The Bertz CT molecular complexity index is 1870. The lowest BCUT2D eigenvalue weighted by Crippen LogP contribution is -2.30. The quantitative estimate of drug-likeness (QED) is 0.0197. The monoisotopic (exact) mass is 1190 g/mol. The molecule has 84 heavy (non-hydrogen) atoms. The Morgan fingerprint density at radius 2 is 0.643 bits per heavy atom. The predicted molar refractivity (Wildman–Crippen MR) is 353 cm³/mol. The smallest absolute Gasteiger partial charge is 0.462 e. The van der Waals surface area contributed by atoms with Gasteiger partial charge in [0.2, 0.25) is 0 Å². The largest absolute Gasteiger partial charge is 0.472 e. The first-order valence-electron chi connectivity index (χ1n) is 33.4. The first kappa shape index (κ1) is 79.9. The fourth-order valence-corrected chi connectivity index (χ4v) is 9.58. The molecule has 0 rings (SSSR count). The van der Waals surface area contributed by atoms with Crippen LogP contribution in [-0.4, -0.2) is 66.5 Å². The molecule has 0 radical (unpaired) electrons. The van der Waals surface area contributed by atoms with Crippen molar-refractivity contribution >= 4 is 25.7 Å². The number of phosphoric acid groups is 1. The van der Waals surface area contributed by atoms with E-state index >= 15 is 0 Å². The molecule has 0 saturated carbocycles. The summed E-state index contributed by atoms with van der Waals surface area (Å²) >= 11 is 0. The maximum atomic E-state index is 13.0. The number of hydrogen-bond acceptors (Lipinski definition) is 10. The molecule has 11 nitrogen and oxygen atoms in total. The van der Waals surface area contributed by atoms with Crippen LogP contribution in [0.5, 0.6) is 0 Å². The number of phosphoric ester groups is 1. The van der Waals surface area contributed by atoms with Crippen LogP contribution in [-0.2, 0) is 42.2 Å². The van der Waals surface area contributed by atoms with Gasteiger partial charge >= 0.3 is 25.7 Å². The molecule has 0 aromatic rings. The van der Waals surface area contributed by atoms with Crippen molar-refractivity contribution in [3.8, 4) is 0 Å². The Morgan fingerprint density at radius 3 is 1.06 bits per heavy atom. The van der Waals surface area contributed by atoms with Crippen LogP contribution in [0.1, 0.15) is 278 Å². The van der Waals surface area contributed by atoms with Gasteiger partial charge in [-0.05, 0) is 122 Å². The highest BCUT2D eigenvalue weighted by Crippen LogP contribution is 2.43. The molecule has 2 N–H and O–H groups in total. The van der Waals surface area contributed by atoms with Crippen molar-refractivity contribution < 1.29 is 52.2 Å².